The zero-order valence-corrected chi connectivity index (χ0v) is 15.1. The van der Waals surface area contributed by atoms with Crippen LogP contribution in [-0.2, 0) is 21.4 Å². The molecule has 1 amide bonds. The second-order valence-electron chi connectivity index (χ2n) is 5.80. The summed E-state index contributed by atoms with van der Waals surface area (Å²) in [5, 5.41) is 2.52. The standard InChI is InChI=1S/C17H16F2N2O5S/c1-27(23,24)21(17-12(18)3-2-4-13(17)19)9-16(22)20-8-11-5-6-14-15(7-11)26-10-25-14/h2-7H,8-10H2,1H3,(H,20,22). The third kappa shape index (κ3) is 4.27. The number of amides is 1. The van der Waals surface area contributed by atoms with Gasteiger partial charge in [-0.2, -0.15) is 0 Å². The smallest absolute Gasteiger partial charge is 0.241 e. The molecule has 27 heavy (non-hydrogen) atoms. The molecule has 7 nitrogen and oxygen atoms in total. The first-order valence-corrected chi connectivity index (χ1v) is 9.67. The minimum absolute atomic E-state index is 0.0762. The summed E-state index contributed by atoms with van der Waals surface area (Å²) in [5.41, 5.74) is -0.103. The van der Waals surface area contributed by atoms with Gasteiger partial charge in [0.25, 0.3) is 0 Å². The van der Waals surface area contributed by atoms with Crippen LogP contribution in [0, 0.1) is 11.6 Å². The summed E-state index contributed by atoms with van der Waals surface area (Å²) in [6, 6.07) is 8.00. The summed E-state index contributed by atoms with van der Waals surface area (Å²) in [7, 11) is -4.09. The van der Waals surface area contributed by atoms with E-state index in [1.807, 2.05) is 0 Å². The number of anilines is 1. The number of fused-ring (bicyclic) bond motifs is 1. The van der Waals surface area contributed by atoms with Crippen molar-refractivity contribution in [2.75, 3.05) is 23.9 Å². The molecule has 0 atom stereocenters. The number of hydrogen-bond acceptors (Lipinski definition) is 5. The van der Waals surface area contributed by atoms with Crippen molar-refractivity contribution in [2.45, 2.75) is 6.54 Å². The van der Waals surface area contributed by atoms with Gasteiger partial charge in [0.2, 0.25) is 22.7 Å². The number of ether oxygens (including phenoxy) is 2. The molecule has 0 aliphatic carbocycles. The van der Waals surface area contributed by atoms with Crippen LogP contribution in [0.2, 0.25) is 0 Å². The maximum Gasteiger partial charge on any atom is 0.241 e. The van der Waals surface area contributed by atoms with Gasteiger partial charge in [-0.05, 0) is 29.8 Å². The molecule has 0 aromatic heterocycles. The van der Waals surface area contributed by atoms with Crippen molar-refractivity contribution in [2.24, 2.45) is 0 Å². The first-order valence-electron chi connectivity index (χ1n) is 7.82. The van der Waals surface area contributed by atoms with Crippen molar-refractivity contribution in [3.63, 3.8) is 0 Å². The van der Waals surface area contributed by atoms with Gasteiger partial charge in [-0.3, -0.25) is 9.10 Å². The van der Waals surface area contributed by atoms with Gasteiger partial charge in [-0.15, -0.1) is 0 Å². The molecule has 0 radical (unpaired) electrons. The quantitative estimate of drug-likeness (QED) is 0.802. The molecule has 1 aliphatic rings. The number of nitrogens with one attached hydrogen (secondary N) is 1. The molecule has 0 unspecified atom stereocenters. The molecule has 0 spiro atoms. The van der Waals surface area contributed by atoms with Crippen molar-refractivity contribution in [3.05, 3.63) is 53.6 Å². The predicted molar refractivity (Wildman–Crippen MR) is 93.0 cm³/mol. The summed E-state index contributed by atoms with van der Waals surface area (Å²) in [6.07, 6.45) is 0.768. The Hall–Kier alpha value is -2.88. The molecule has 1 N–H and O–H groups in total. The second-order valence-corrected chi connectivity index (χ2v) is 7.71. The van der Waals surface area contributed by atoms with E-state index in [-0.39, 0.29) is 13.3 Å². The Balaban J connectivity index is 1.72. The highest BCUT2D eigenvalue weighted by Gasteiger charge is 2.26. The lowest BCUT2D eigenvalue weighted by molar-refractivity contribution is -0.119. The molecule has 144 valence electrons. The molecule has 1 heterocycles. The third-order valence-electron chi connectivity index (χ3n) is 3.80. The van der Waals surface area contributed by atoms with Gasteiger partial charge in [0, 0.05) is 6.54 Å². The zero-order valence-electron chi connectivity index (χ0n) is 14.2. The first kappa shape index (κ1) is 18.9. The molecule has 0 saturated heterocycles. The first-order chi connectivity index (χ1) is 12.8. The van der Waals surface area contributed by atoms with Gasteiger partial charge < -0.3 is 14.8 Å². The third-order valence-corrected chi connectivity index (χ3v) is 4.91. The molecule has 2 aromatic carbocycles. The number of rotatable bonds is 6. The van der Waals surface area contributed by atoms with E-state index in [0.29, 0.717) is 21.4 Å². The van der Waals surface area contributed by atoms with Crippen molar-refractivity contribution in [1.82, 2.24) is 5.32 Å². The Morgan fingerprint density at radius 2 is 1.81 bits per heavy atom. The van der Waals surface area contributed by atoms with Gasteiger partial charge in [-0.1, -0.05) is 12.1 Å². The van der Waals surface area contributed by atoms with E-state index in [9.17, 15) is 22.0 Å². The molecule has 0 fully saturated rings. The average Bonchev–Trinajstić information content (AvgIpc) is 3.05. The molecule has 10 heteroatoms. The number of hydrogen-bond donors (Lipinski definition) is 1. The predicted octanol–water partition coefficient (Wildman–Crippen LogP) is 1.78. The fourth-order valence-corrected chi connectivity index (χ4v) is 3.39. The largest absolute Gasteiger partial charge is 0.454 e. The van der Waals surface area contributed by atoms with Crippen LogP contribution >= 0.6 is 0 Å². The maximum atomic E-state index is 14.0. The highest BCUT2D eigenvalue weighted by molar-refractivity contribution is 7.92. The van der Waals surface area contributed by atoms with Crippen LogP contribution in [0.5, 0.6) is 11.5 Å². The number of para-hydroxylation sites is 1. The maximum absolute atomic E-state index is 14.0. The number of halogens is 2. The van der Waals surface area contributed by atoms with Crippen LogP contribution in [0.15, 0.2) is 36.4 Å². The van der Waals surface area contributed by atoms with Crippen LogP contribution in [0.1, 0.15) is 5.56 Å². The normalized spacial score (nSPS) is 12.7. The van der Waals surface area contributed by atoms with Gasteiger partial charge in [0.05, 0.1) is 6.26 Å². The van der Waals surface area contributed by atoms with Crippen LogP contribution < -0.4 is 19.1 Å². The average molecular weight is 398 g/mol. The summed E-state index contributed by atoms with van der Waals surface area (Å²) in [6.45, 7) is -0.573. The van der Waals surface area contributed by atoms with E-state index < -0.39 is 39.8 Å². The Labute approximate surface area is 154 Å². The molecular weight excluding hydrogens is 382 g/mol. The van der Waals surface area contributed by atoms with Crippen molar-refractivity contribution < 1.29 is 31.5 Å². The number of benzene rings is 2. The number of sulfonamides is 1. The van der Waals surface area contributed by atoms with Gasteiger partial charge in [0.1, 0.15) is 12.2 Å². The minimum Gasteiger partial charge on any atom is -0.454 e. The van der Waals surface area contributed by atoms with Gasteiger partial charge >= 0.3 is 0 Å². The van der Waals surface area contributed by atoms with Crippen molar-refractivity contribution >= 4 is 21.6 Å². The van der Waals surface area contributed by atoms with Gasteiger partial charge in [-0.25, -0.2) is 17.2 Å². The topological polar surface area (TPSA) is 84.9 Å². The highest BCUT2D eigenvalue weighted by Crippen LogP contribution is 2.32. The second kappa shape index (κ2) is 7.39. The molecule has 2 aromatic rings. The SMILES string of the molecule is CS(=O)(=O)N(CC(=O)NCc1ccc2c(c1)OCO2)c1c(F)cccc1F. The summed E-state index contributed by atoms with van der Waals surface area (Å²) in [5.74, 6) is -1.76. The number of nitrogens with zero attached hydrogens (tertiary/aromatic N) is 1. The van der Waals surface area contributed by atoms with E-state index in [1.54, 1.807) is 18.2 Å². The Morgan fingerprint density at radius 1 is 1.15 bits per heavy atom. The van der Waals surface area contributed by atoms with E-state index in [0.717, 1.165) is 24.5 Å². The van der Waals surface area contributed by atoms with E-state index in [4.69, 9.17) is 9.47 Å². The van der Waals surface area contributed by atoms with Crippen LogP contribution in [0.4, 0.5) is 14.5 Å². The monoisotopic (exact) mass is 398 g/mol. The lowest BCUT2D eigenvalue weighted by atomic mass is 10.2. The zero-order chi connectivity index (χ0) is 19.6. The van der Waals surface area contributed by atoms with E-state index in [2.05, 4.69) is 5.32 Å². The van der Waals surface area contributed by atoms with Crippen LogP contribution in [0.25, 0.3) is 0 Å². The Kier molecular flexibility index (Phi) is 5.17. The lowest BCUT2D eigenvalue weighted by Gasteiger charge is -2.22. The summed E-state index contributed by atoms with van der Waals surface area (Å²) >= 11 is 0. The van der Waals surface area contributed by atoms with Crippen molar-refractivity contribution in [1.29, 1.82) is 0 Å². The highest BCUT2D eigenvalue weighted by atomic mass is 32.2. The van der Waals surface area contributed by atoms with Crippen molar-refractivity contribution in [3.8, 4) is 11.5 Å². The number of carbonyl (C=O) groups excluding carboxylic acids is 1. The summed E-state index contributed by atoms with van der Waals surface area (Å²) < 4.78 is 62.6. The van der Waals surface area contributed by atoms with Crippen LogP contribution in [-0.4, -0.2) is 33.9 Å². The number of carbonyl (C=O) groups is 1. The molecule has 0 bridgehead atoms. The molecule has 0 saturated carbocycles. The van der Waals surface area contributed by atoms with E-state index >= 15 is 0 Å². The van der Waals surface area contributed by atoms with Gasteiger partial charge in [0.15, 0.2) is 23.1 Å². The molecular formula is C17H16F2N2O5S. The lowest BCUT2D eigenvalue weighted by Crippen LogP contribution is -2.41. The Bertz CT molecular complexity index is 961. The minimum atomic E-state index is -4.09. The Morgan fingerprint density at radius 3 is 2.48 bits per heavy atom. The van der Waals surface area contributed by atoms with Crippen LogP contribution in [0.3, 0.4) is 0 Å². The fourth-order valence-electron chi connectivity index (χ4n) is 2.53. The molecule has 3 rings (SSSR count). The van der Waals surface area contributed by atoms with E-state index in [1.165, 1.54) is 0 Å². The molecule has 1 aliphatic heterocycles. The fraction of sp³-hybridized carbons (Fsp3) is 0.235. The summed E-state index contributed by atoms with van der Waals surface area (Å²) in [4.78, 5) is 12.2.